The van der Waals surface area contributed by atoms with Gasteiger partial charge in [-0.05, 0) is 62.3 Å². The predicted molar refractivity (Wildman–Crippen MR) is 136 cm³/mol. The zero-order chi connectivity index (χ0) is 25.1. The number of ether oxygens (including phenoxy) is 1. The lowest BCUT2D eigenvalue weighted by molar-refractivity contribution is -0.139. The molecule has 8 heteroatoms. The Morgan fingerprint density at radius 3 is 2.75 bits per heavy atom. The maximum Gasteiger partial charge on any atom is 0.263 e. The van der Waals surface area contributed by atoms with Gasteiger partial charge in [0.05, 0.1) is 28.8 Å². The maximum absolute atomic E-state index is 13.8. The van der Waals surface area contributed by atoms with E-state index >= 15 is 0 Å². The number of fused-ring (bicyclic) bond motifs is 1. The molecule has 1 aromatic heterocycles. The van der Waals surface area contributed by atoms with Crippen LogP contribution in [0.2, 0.25) is 0 Å². The third-order valence-electron chi connectivity index (χ3n) is 7.67. The van der Waals surface area contributed by atoms with E-state index in [1.54, 1.807) is 19.4 Å². The summed E-state index contributed by atoms with van der Waals surface area (Å²) in [4.78, 5) is 49.8. The molecule has 2 fully saturated rings. The summed E-state index contributed by atoms with van der Waals surface area (Å²) in [5.41, 5.74) is 2.78. The SMILES string of the molecule is COCCCN1C(=O)c2cccc(N3CCC[C@@H](C(=O)N4CCCC[C@H]4c4cccnc4)C3)c2C1=O. The summed E-state index contributed by atoms with van der Waals surface area (Å²) in [6, 6.07) is 9.54. The highest BCUT2D eigenvalue weighted by atomic mass is 16.5. The van der Waals surface area contributed by atoms with Crippen molar-refractivity contribution in [3.63, 3.8) is 0 Å². The van der Waals surface area contributed by atoms with Crippen LogP contribution in [0.5, 0.6) is 0 Å². The first kappa shape index (κ1) is 24.4. The minimum atomic E-state index is -0.247. The Labute approximate surface area is 212 Å². The van der Waals surface area contributed by atoms with E-state index in [1.807, 2.05) is 24.4 Å². The fourth-order valence-electron chi connectivity index (χ4n) is 5.90. The fraction of sp³-hybridized carbons (Fsp3) is 0.500. The van der Waals surface area contributed by atoms with Gasteiger partial charge in [-0.15, -0.1) is 0 Å². The van der Waals surface area contributed by atoms with Crippen LogP contribution in [-0.4, -0.2) is 72.4 Å². The second-order valence-corrected chi connectivity index (χ2v) is 9.92. The van der Waals surface area contributed by atoms with E-state index < -0.39 is 0 Å². The number of nitrogens with zero attached hydrogens (tertiary/aromatic N) is 4. The number of imide groups is 1. The molecule has 0 spiro atoms. The molecule has 0 bridgehead atoms. The van der Waals surface area contributed by atoms with Gasteiger partial charge < -0.3 is 14.5 Å². The summed E-state index contributed by atoms with van der Waals surface area (Å²) >= 11 is 0. The Balaban J connectivity index is 1.35. The van der Waals surface area contributed by atoms with Crippen molar-refractivity contribution >= 4 is 23.4 Å². The van der Waals surface area contributed by atoms with Gasteiger partial charge in [0.15, 0.2) is 0 Å². The van der Waals surface area contributed by atoms with Gasteiger partial charge in [-0.1, -0.05) is 12.1 Å². The minimum absolute atomic E-state index is 0.0659. The molecule has 2 aromatic rings. The van der Waals surface area contributed by atoms with Gasteiger partial charge in [-0.2, -0.15) is 0 Å². The lowest BCUT2D eigenvalue weighted by atomic mass is 9.91. The number of methoxy groups -OCH3 is 1. The van der Waals surface area contributed by atoms with Crippen molar-refractivity contribution in [2.75, 3.05) is 44.8 Å². The number of carbonyl (C=O) groups is 3. The lowest BCUT2D eigenvalue weighted by Crippen LogP contribution is -2.47. The summed E-state index contributed by atoms with van der Waals surface area (Å²) in [7, 11) is 1.61. The Kier molecular flexibility index (Phi) is 7.32. The molecule has 0 saturated carbocycles. The Bertz CT molecular complexity index is 1120. The molecule has 8 nitrogen and oxygen atoms in total. The van der Waals surface area contributed by atoms with Gasteiger partial charge in [-0.25, -0.2) is 0 Å². The number of amides is 3. The van der Waals surface area contributed by atoms with Crippen LogP contribution >= 0.6 is 0 Å². The molecule has 190 valence electrons. The van der Waals surface area contributed by atoms with E-state index in [-0.39, 0.29) is 29.7 Å². The summed E-state index contributed by atoms with van der Waals surface area (Å²) in [6.45, 7) is 2.91. The quantitative estimate of drug-likeness (QED) is 0.435. The van der Waals surface area contributed by atoms with Crippen molar-refractivity contribution in [2.45, 2.75) is 44.6 Å². The Morgan fingerprint density at radius 1 is 1.06 bits per heavy atom. The molecule has 0 radical (unpaired) electrons. The number of pyridine rings is 1. The zero-order valence-corrected chi connectivity index (χ0v) is 20.9. The number of likely N-dealkylation sites (tertiary alicyclic amines) is 1. The van der Waals surface area contributed by atoms with Gasteiger partial charge in [0.25, 0.3) is 11.8 Å². The van der Waals surface area contributed by atoms with Crippen molar-refractivity contribution in [3.05, 3.63) is 59.4 Å². The van der Waals surface area contributed by atoms with Crippen LogP contribution in [0.25, 0.3) is 0 Å². The summed E-state index contributed by atoms with van der Waals surface area (Å²) in [5, 5.41) is 0. The largest absolute Gasteiger partial charge is 0.385 e. The molecule has 36 heavy (non-hydrogen) atoms. The molecule has 0 unspecified atom stereocenters. The predicted octanol–water partition coefficient (Wildman–Crippen LogP) is 3.68. The first-order valence-electron chi connectivity index (χ1n) is 13.0. The smallest absolute Gasteiger partial charge is 0.263 e. The molecule has 1 aromatic carbocycles. The topological polar surface area (TPSA) is 83.1 Å². The van der Waals surface area contributed by atoms with E-state index in [4.69, 9.17) is 4.74 Å². The summed E-state index contributed by atoms with van der Waals surface area (Å²) < 4.78 is 5.09. The summed E-state index contributed by atoms with van der Waals surface area (Å²) in [5.74, 6) is -0.450. The zero-order valence-electron chi connectivity index (χ0n) is 20.9. The van der Waals surface area contributed by atoms with E-state index in [0.717, 1.165) is 56.4 Å². The van der Waals surface area contributed by atoms with Crippen LogP contribution in [0.4, 0.5) is 5.69 Å². The van der Waals surface area contributed by atoms with E-state index in [1.165, 1.54) is 4.90 Å². The number of piperidine rings is 2. The third-order valence-corrected chi connectivity index (χ3v) is 7.67. The normalized spacial score (nSPS) is 22.2. The van der Waals surface area contributed by atoms with Crippen LogP contribution in [0.1, 0.15) is 70.8 Å². The van der Waals surface area contributed by atoms with E-state index in [2.05, 4.69) is 20.9 Å². The first-order chi connectivity index (χ1) is 17.6. The molecular formula is C28H34N4O4. The molecule has 0 aliphatic carbocycles. The minimum Gasteiger partial charge on any atom is -0.385 e. The van der Waals surface area contributed by atoms with Gasteiger partial charge in [-0.3, -0.25) is 24.3 Å². The number of hydrogen-bond donors (Lipinski definition) is 0. The monoisotopic (exact) mass is 490 g/mol. The van der Waals surface area contributed by atoms with Crippen LogP contribution < -0.4 is 4.90 Å². The van der Waals surface area contributed by atoms with Gasteiger partial charge in [0.1, 0.15) is 0 Å². The molecular weight excluding hydrogens is 456 g/mol. The Morgan fingerprint density at radius 2 is 1.94 bits per heavy atom. The molecule has 0 N–H and O–H groups in total. The number of hydrogen-bond acceptors (Lipinski definition) is 6. The standard InChI is InChI=1S/C28H34N4O4/c1-36-17-7-16-32-27(34)22-10-4-12-24(25(22)28(32)35)30-14-6-9-21(19-30)26(33)31-15-3-2-11-23(31)20-8-5-13-29-18-20/h4-5,8,10,12-13,18,21,23H,2-3,6-7,9,11,14-17,19H2,1H3/t21-,23+/m1/s1. The fourth-order valence-corrected chi connectivity index (χ4v) is 5.90. The average molecular weight is 491 g/mol. The van der Waals surface area contributed by atoms with E-state index in [9.17, 15) is 14.4 Å². The van der Waals surface area contributed by atoms with Crippen LogP contribution in [0.15, 0.2) is 42.7 Å². The van der Waals surface area contributed by atoms with Crippen LogP contribution in [0.3, 0.4) is 0 Å². The molecule has 3 aliphatic rings. The van der Waals surface area contributed by atoms with Gasteiger partial charge in [0.2, 0.25) is 5.91 Å². The number of aromatic nitrogens is 1. The second kappa shape index (κ2) is 10.8. The number of benzene rings is 1. The highest BCUT2D eigenvalue weighted by Gasteiger charge is 2.40. The molecule has 3 aliphatic heterocycles. The highest BCUT2D eigenvalue weighted by molar-refractivity contribution is 6.23. The molecule has 2 atom stereocenters. The van der Waals surface area contributed by atoms with Gasteiger partial charge in [0, 0.05) is 52.3 Å². The lowest BCUT2D eigenvalue weighted by Gasteiger charge is -2.41. The van der Waals surface area contributed by atoms with E-state index in [0.29, 0.717) is 37.2 Å². The third kappa shape index (κ3) is 4.62. The van der Waals surface area contributed by atoms with Gasteiger partial charge >= 0.3 is 0 Å². The maximum atomic E-state index is 13.8. The highest BCUT2D eigenvalue weighted by Crippen LogP contribution is 2.36. The number of carbonyl (C=O) groups excluding carboxylic acids is 3. The van der Waals surface area contributed by atoms with Crippen molar-refractivity contribution in [2.24, 2.45) is 5.92 Å². The Hall–Kier alpha value is -3.26. The summed E-state index contributed by atoms with van der Waals surface area (Å²) in [6.07, 6.45) is 9.01. The van der Waals surface area contributed by atoms with Crippen molar-refractivity contribution < 1.29 is 19.1 Å². The second-order valence-electron chi connectivity index (χ2n) is 9.92. The molecule has 3 amide bonds. The molecule has 2 saturated heterocycles. The number of rotatable bonds is 7. The van der Waals surface area contributed by atoms with Crippen molar-refractivity contribution in [3.8, 4) is 0 Å². The number of anilines is 1. The van der Waals surface area contributed by atoms with Crippen LogP contribution in [-0.2, 0) is 9.53 Å². The first-order valence-corrected chi connectivity index (χ1v) is 13.0. The average Bonchev–Trinajstić information content (AvgIpc) is 3.18. The van der Waals surface area contributed by atoms with Crippen molar-refractivity contribution in [1.29, 1.82) is 0 Å². The van der Waals surface area contributed by atoms with Crippen molar-refractivity contribution in [1.82, 2.24) is 14.8 Å². The molecule has 4 heterocycles. The molecule has 5 rings (SSSR count). The van der Waals surface area contributed by atoms with Crippen LogP contribution in [0, 0.1) is 5.92 Å².